The number of aromatic amines is 1. The van der Waals surface area contributed by atoms with E-state index in [0.717, 1.165) is 17.0 Å². The van der Waals surface area contributed by atoms with Gasteiger partial charge in [-0.1, -0.05) is 43.2 Å². The van der Waals surface area contributed by atoms with E-state index in [9.17, 15) is 4.79 Å². The first-order chi connectivity index (χ1) is 13.8. The Kier molecular flexibility index (Phi) is 6.14. The SMILES string of the molecule is O=C(NCc1ccccc1)c1n[nH]c(-c2ccc(CN3CCCCCC3)s2)n1. The number of carbonyl (C=O) groups is 1. The van der Waals surface area contributed by atoms with Gasteiger partial charge in [0.1, 0.15) is 0 Å². The number of amides is 1. The second kappa shape index (κ2) is 9.12. The summed E-state index contributed by atoms with van der Waals surface area (Å²) in [6.07, 6.45) is 5.28. The first-order valence-electron chi connectivity index (χ1n) is 9.84. The zero-order chi connectivity index (χ0) is 19.2. The highest BCUT2D eigenvalue weighted by atomic mass is 32.1. The van der Waals surface area contributed by atoms with E-state index in [2.05, 4.69) is 37.5 Å². The van der Waals surface area contributed by atoms with Gasteiger partial charge in [-0.3, -0.25) is 14.8 Å². The summed E-state index contributed by atoms with van der Waals surface area (Å²) in [4.78, 5) is 21.6. The lowest BCUT2D eigenvalue weighted by molar-refractivity contribution is 0.0941. The van der Waals surface area contributed by atoms with Crippen molar-refractivity contribution in [2.45, 2.75) is 38.8 Å². The second-order valence-corrected chi connectivity index (χ2v) is 8.30. The molecule has 2 N–H and O–H groups in total. The minimum atomic E-state index is -0.271. The largest absolute Gasteiger partial charge is 0.345 e. The Bertz CT molecular complexity index is 896. The molecule has 3 aromatic rings. The number of rotatable bonds is 6. The molecule has 1 aliphatic rings. The van der Waals surface area contributed by atoms with Crippen LogP contribution >= 0.6 is 11.3 Å². The molecule has 146 valence electrons. The van der Waals surface area contributed by atoms with Gasteiger partial charge in [0.05, 0.1) is 4.88 Å². The molecule has 1 aliphatic heterocycles. The Morgan fingerprint density at radius 1 is 1.07 bits per heavy atom. The predicted octanol–water partition coefficient (Wildman–Crippen LogP) is 3.84. The number of nitrogens with zero attached hydrogens (tertiary/aromatic N) is 3. The van der Waals surface area contributed by atoms with Gasteiger partial charge in [-0.15, -0.1) is 16.4 Å². The van der Waals surface area contributed by atoms with Crippen molar-refractivity contribution in [3.8, 4) is 10.7 Å². The Labute approximate surface area is 169 Å². The highest BCUT2D eigenvalue weighted by molar-refractivity contribution is 7.15. The van der Waals surface area contributed by atoms with Gasteiger partial charge in [-0.2, -0.15) is 0 Å². The number of carbonyl (C=O) groups excluding carboxylic acids is 1. The lowest BCUT2D eigenvalue weighted by atomic mass is 10.2. The fourth-order valence-corrected chi connectivity index (χ4v) is 4.43. The van der Waals surface area contributed by atoms with Gasteiger partial charge >= 0.3 is 0 Å². The van der Waals surface area contributed by atoms with Crippen molar-refractivity contribution in [2.75, 3.05) is 13.1 Å². The van der Waals surface area contributed by atoms with Crippen LogP contribution in [0.1, 0.15) is 46.7 Å². The van der Waals surface area contributed by atoms with Crippen molar-refractivity contribution in [2.24, 2.45) is 0 Å². The first kappa shape index (κ1) is 18.8. The number of aromatic nitrogens is 3. The van der Waals surface area contributed by atoms with Gasteiger partial charge in [0.2, 0.25) is 5.82 Å². The molecule has 0 atom stereocenters. The summed E-state index contributed by atoms with van der Waals surface area (Å²) in [5.41, 5.74) is 1.04. The van der Waals surface area contributed by atoms with E-state index in [1.165, 1.54) is 43.6 Å². The average molecular weight is 396 g/mol. The Morgan fingerprint density at radius 2 is 1.86 bits per heavy atom. The van der Waals surface area contributed by atoms with Crippen molar-refractivity contribution in [3.05, 3.63) is 58.7 Å². The Hall–Kier alpha value is -2.51. The molecule has 1 fully saturated rings. The topological polar surface area (TPSA) is 73.9 Å². The van der Waals surface area contributed by atoms with E-state index in [1.54, 1.807) is 11.3 Å². The molecule has 2 aromatic heterocycles. The van der Waals surface area contributed by atoms with Crippen LogP contribution in [0, 0.1) is 0 Å². The monoisotopic (exact) mass is 395 g/mol. The van der Waals surface area contributed by atoms with Gasteiger partial charge in [-0.25, -0.2) is 4.98 Å². The van der Waals surface area contributed by atoms with Crippen LogP contribution in [0.15, 0.2) is 42.5 Å². The van der Waals surface area contributed by atoms with Crippen molar-refractivity contribution >= 4 is 17.2 Å². The average Bonchev–Trinajstić information content (AvgIpc) is 3.32. The summed E-state index contributed by atoms with van der Waals surface area (Å²) in [7, 11) is 0. The van der Waals surface area contributed by atoms with Gasteiger partial charge in [-0.05, 0) is 43.6 Å². The van der Waals surface area contributed by atoms with Crippen LogP contribution in [0.25, 0.3) is 10.7 Å². The third kappa shape index (κ3) is 4.85. The number of hydrogen-bond donors (Lipinski definition) is 2. The van der Waals surface area contributed by atoms with Crippen molar-refractivity contribution < 1.29 is 4.79 Å². The third-order valence-corrected chi connectivity index (χ3v) is 6.03. The number of thiophene rings is 1. The molecule has 28 heavy (non-hydrogen) atoms. The van der Waals surface area contributed by atoms with E-state index < -0.39 is 0 Å². The maximum atomic E-state index is 12.3. The summed E-state index contributed by atoms with van der Waals surface area (Å²) >= 11 is 1.71. The number of benzene rings is 1. The van der Waals surface area contributed by atoms with Crippen LogP contribution in [0.4, 0.5) is 0 Å². The van der Waals surface area contributed by atoms with Gasteiger partial charge < -0.3 is 5.32 Å². The maximum absolute atomic E-state index is 12.3. The molecule has 0 spiro atoms. The second-order valence-electron chi connectivity index (χ2n) is 7.13. The third-order valence-electron chi connectivity index (χ3n) is 4.96. The molecular formula is C21H25N5OS. The predicted molar refractivity (Wildman–Crippen MR) is 111 cm³/mol. The van der Waals surface area contributed by atoms with Crippen molar-refractivity contribution in [3.63, 3.8) is 0 Å². The lowest BCUT2D eigenvalue weighted by Gasteiger charge is -2.18. The minimum Gasteiger partial charge on any atom is -0.345 e. The van der Waals surface area contributed by atoms with E-state index in [0.29, 0.717) is 12.4 Å². The minimum absolute atomic E-state index is 0.174. The summed E-state index contributed by atoms with van der Waals surface area (Å²) < 4.78 is 0. The summed E-state index contributed by atoms with van der Waals surface area (Å²) in [5, 5.41) is 9.85. The number of nitrogens with one attached hydrogen (secondary N) is 2. The molecular weight excluding hydrogens is 370 g/mol. The molecule has 1 aromatic carbocycles. The normalized spacial score (nSPS) is 15.3. The number of H-pyrrole nitrogens is 1. The Balaban J connectivity index is 1.36. The summed E-state index contributed by atoms with van der Waals surface area (Å²) in [6, 6.07) is 14.0. The van der Waals surface area contributed by atoms with Crippen LogP contribution in [0.5, 0.6) is 0 Å². The molecule has 0 unspecified atom stereocenters. The molecule has 1 amide bonds. The molecule has 0 radical (unpaired) electrons. The number of hydrogen-bond acceptors (Lipinski definition) is 5. The summed E-state index contributed by atoms with van der Waals surface area (Å²) in [5.74, 6) is 0.554. The fourth-order valence-electron chi connectivity index (χ4n) is 3.44. The molecule has 0 saturated carbocycles. The molecule has 6 nitrogen and oxygen atoms in total. The summed E-state index contributed by atoms with van der Waals surface area (Å²) in [6.45, 7) is 3.81. The highest BCUT2D eigenvalue weighted by Crippen LogP contribution is 2.27. The van der Waals surface area contributed by atoms with E-state index in [-0.39, 0.29) is 11.7 Å². The van der Waals surface area contributed by atoms with Crippen LogP contribution < -0.4 is 5.32 Å². The molecule has 1 saturated heterocycles. The van der Waals surface area contributed by atoms with Crippen molar-refractivity contribution in [1.29, 1.82) is 0 Å². The van der Waals surface area contributed by atoms with Crippen LogP contribution in [-0.4, -0.2) is 39.1 Å². The first-order valence-corrected chi connectivity index (χ1v) is 10.7. The van der Waals surface area contributed by atoms with E-state index >= 15 is 0 Å². The van der Waals surface area contributed by atoms with Crippen LogP contribution in [-0.2, 0) is 13.1 Å². The molecule has 0 aliphatic carbocycles. The van der Waals surface area contributed by atoms with Gasteiger partial charge in [0.25, 0.3) is 5.91 Å². The van der Waals surface area contributed by atoms with E-state index in [1.807, 2.05) is 30.3 Å². The highest BCUT2D eigenvalue weighted by Gasteiger charge is 2.16. The van der Waals surface area contributed by atoms with Crippen molar-refractivity contribution in [1.82, 2.24) is 25.4 Å². The molecule has 0 bridgehead atoms. The standard InChI is InChI=1S/C21H25N5OS/c27-21(22-14-16-8-4-3-5-9-16)20-23-19(24-25-20)18-11-10-17(28-18)15-26-12-6-1-2-7-13-26/h3-5,8-11H,1-2,6-7,12-15H2,(H,22,27)(H,23,24,25). The van der Waals surface area contributed by atoms with Crippen LogP contribution in [0.2, 0.25) is 0 Å². The van der Waals surface area contributed by atoms with E-state index in [4.69, 9.17) is 0 Å². The molecule has 7 heteroatoms. The van der Waals surface area contributed by atoms with Gasteiger partial charge in [0.15, 0.2) is 5.82 Å². The Morgan fingerprint density at radius 3 is 2.64 bits per heavy atom. The lowest BCUT2D eigenvalue weighted by Crippen LogP contribution is -2.23. The van der Waals surface area contributed by atoms with Crippen LogP contribution in [0.3, 0.4) is 0 Å². The molecule has 4 rings (SSSR count). The zero-order valence-corrected chi connectivity index (χ0v) is 16.7. The fraction of sp³-hybridized carbons (Fsp3) is 0.381. The quantitative estimate of drug-likeness (QED) is 0.665. The van der Waals surface area contributed by atoms with Gasteiger partial charge in [0, 0.05) is 18.0 Å². The number of likely N-dealkylation sites (tertiary alicyclic amines) is 1. The zero-order valence-electron chi connectivity index (χ0n) is 15.9. The maximum Gasteiger partial charge on any atom is 0.291 e. The smallest absolute Gasteiger partial charge is 0.291 e. The molecule has 3 heterocycles.